The molecule has 0 spiro atoms. The van der Waals surface area contributed by atoms with Crippen LogP contribution in [0.2, 0.25) is 0 Å². The Morgan fingerprint density at radius 1 is 0.659 bits per heavy atom. The van der Waals surface area contributed by atoms with Crippen molar-refractivity contribution in [3.05, 3.63) is 133 Å². The molecule has 0 N–H and O–H groups in total. The van der Waals surface area contributed by atoms with E-state index in [2.05, 4.69) is 144 Å². The lowest BCUT2D eigenvalue weighted by Crippen LogP contribution is -2.61. The zero-order valence-electron chi connectivity index (χ0n) is 22.7. The lowest BCUT2D eigenvalue weighted by Gasteiger charge is -2.45. The predicted octanol–water partition coefficient (Wildman–Crippen LogP) is 7.67. The zero-order chi connectivity index (χ0) is 27.5. The third kappa shape index (κ3) is 3.39. The molecule has 0 saturated carbocycles. The number of para-hydroxylation sites is 4. The summed E-state index contributed by atoms with van der Waals surface area (Å²) in [6.07, 6.45) is 1.70. The van der Waals surface area contributed by atoms with Crippen molar-refractivity contribution in [3.63, 3.8) is 0 Å². The molecular formula is C36H26BN3O. The Hall–Kier alpha value is -5.29. The number of hydrogen-bond acceptors (Lipinski definition) is 4. The molecule has 0 bridgehead atoms. The second kappa shape index (κ2) is 9.14. The van der Waals surface area contributed by atoms with E-state index in [1.54, 1.807) is 6.26 Å². The molecule has 5 heteroatoms. The molecule has 0 aliphatic carbocycles. The summed E-state index contributed by atoms with van der Waals surface area (Å²) in [7, 11) is 0. The predicted molar refractivity (Wildman–Crippen MR) is 172 cm³/mol. The molecular weight excluding hydrogens is 501 g/mol. The topological polar surface area (TPSA) is 32.0 Å². The lowest BCUT2D eigenvalue weighted by molar-refractivity contribution is 0.582. The summed E-state index contributed by atoms with van der Waals surface area (Å²) in [4.78, 5) is 9.12. The zero-order valence-corrected chi connectivity index (χ0v) is 22.7. The van der Waals surface area contributed by atoms with Gasteiger partial charge in [-0.05, 0) is 78.1 Å². The third-order valence-electron chi connectivity index (χ3n) is 8.39. The highest BCUT2D eigenvalue weighted by Crippen LogP contribution is 2.48. The molecule has 0 atom stereocenters. The molecule has 0 unspecified atom stereocenters. The summed E-state index contributed by atoms with van der Waals surface area (Å²) in [5.74, 6) is 0.729. The highest BCUT2D eigenvalue weighted by Gasteiger charge is 2.44. The van der Waals surface area contributed by atoms with E-state index in [0.717, 1.165) is 39.6 Å². The molecule has 8 rings (SSSR count). The van der Waals surface area contributed by atoms with E-state index < -0.39 is 0 Å². The van der Waals surface area contributed by atoms with Gasteiger partial charge < -0.3 is 14.2 Å². The quantitative estimate of drug-likeness (QED) is 0.174. The summed E-state index contributed by atoms with van der Waals surface area (Å²) < 4.78 is 6.11. The van der Waals surface area contributed by atoms with Crippen LogP contribution in [0.15, 0.2) is 137 Å². The average molecular weight is 527 g/mol. The van der Waals surface area contributed by atoms with Crippen LogP contribution in [0.1, 0.15) is 5.56 Å². The molecule has 2 aliphatic heterocycles. The van der Waals surface area contributed by atoms with Gasteiger partial charge in [-0.1, -0.05) is 72.8 Å². The molecule has 2 aliphatic rings. The van der Waals surface area contributed by atoms with Gasteiger partial charge in [0.15, 0.2) is 5.76 Å². The molecule has 1 aromatic heterocycles. The summed E-state index contributed by atoms with van der Waals surface area (Å²) >= 11 is 0. The first-order chi connectivity index (χ1) is 20.3. The van der Waals surface area contributed by atoms with Gasteiger partial charge in [0.2, 0.25) is 0 Å². The molecule has 5 aromatic carbocycles. The Balaban J connectivity index is 1.55. The lowest BCUT2D eigenvalue weighted by atomic mass is 9.33. The first-order valence-corrected chi connectivity index (χ1v) is 13.9. The maximum atomic E-state index is 6.11. The van der Waals surface area contributed by atoms with Crippen LogP contribution >= 0.6 is 0 Å². The number of aliphatic imine (C=N–C) groups is 1. The van der Waals surface area contributed by atoms with Crippen LogP contribution < -0.4 is 26.2 Å². The second-order valence-electron chi connectivity index (χ2n) is 10.5. The summed E-state index contributed by atoms with van der Waals surface area (Å²) in [5.41, 5.74) is 13.7. The van der Waals surface area contributed by atoms with Gasteiger partial charge in [-0.25, -0.2) is 0 Å². The van der Waals surface area contributed by atoms with E-state index in [1.807, 2.05) is 6.07 Å². The van der Waals surface area contributed by atoms with Gasteiger partial charge in [-0.3, -0.25) is 4.99 Å². The molecule has 0 fully saturated rings. The molecule has 0 amide bonds. The number of hydrogen-bond donors (Lipinski definition) is 0. The van der Waals surface area contributed by atoms with Crippen LogP contribution in [0.3, 0.4) is 0 Å². The minimum atomic E-state index is 0.0775. The number of benzene rings is 5. The Morgan fingerprint density at radius 2 is 1.22 bits per heavy atom. The van der Waals surface area contributed by atoms with E-state index in [0.29, 0.717) is 0 Å². The van der Waals surface area contributed by atoms with Crippen molar-refractivity contribution in [2.24, 2.45) is 4.99 Å². The second-order valence-corrected chi connectivity index (χ2v) is 10.5. The molecule has 0 saturated heterocycles. The van der Waals surface area contributed by atoms with Crippen LogP contribution in [-0.4, -0.2) is 13.4 Å². The Bertz CT molecular complexity index is 1940. The van der Waals surface area contributed by atoms with Crippen LogP contribution in [0.4, 0.5) is 39.8 Å². The van der Waals surface area contributed by atoms with Crippen molar-refractivity contribution in [2.75, 3.05) is 9.80 Å². The molecule has 194 valence electrons. The van der Waals surface area contributed by atoms with E-state index in [9.17, 15) is 0 Å². The fourth-order valence-electron chi connectivity index (χ4n) is 6.70. The van der Waals surface area contributed by atoms with Crippen molar-refractivity contribution in [1.82, 2.24) is 0 Å². The van der Waals surface area contributed by atoms with Gasteiger partial charge in [0.05, 0.1) is 6.26 Å². The molecule has 3 heterocycles. The number of fused-ring (bicyclic) bond motifs is 4. The largest absolute Gasteiger partial charge is 0.462 e. The van der Waals surface area contributed by atoms with Gasteiger partial charge in [0.25, 0.3) is 6.71 Å². The standard InChI is InChI=1S/C36H26BN3O/c1-24-27(36-30(38-2)21-22-41-36)23-33-34-35(24)40(26-15-7-4-8-16-26)32-20-12-10-18-29(32)37(34)28-17-9-11-19-31(28)39(33)25-13-5-3-6-14-25/h3-23H,2H2,1H3. The Kier molecular flexibility index (Phi) is 5.26. The van der Waals surface area contributed by atoms with Crippen molar-refractivity contribution < 1.29 is 4.42 Å². The van der Waals surface area contributed by atoms with E-state index in [4.69, 9.17) is 4.42 Å². The highest BCUT2D eigenvalue weighted by atomic mass is 16.3. The van der Waals surface area contributed by atoms with Crippen LogP contribution in [0.5, 0.6) is 0 Å². The fourth-order valence-corrected chi connectivity index (χ4v) is 6.70. The average Bonchev–Trinajstić information content (AvgIpc) is 3.51. The van der Waals surface area contributed by atoms with Crippen molar-refractivity contribution >= 4 is 69.6 Å². The summed E-state index contributed by atoms with van der Waals surface area (Å²) in [5, 5.41) is 0. The summed E-state index contributed by atoms with van der Waals surface area (Å²) in [6, 6.07) is 43.1. The maximum Gasteiger partial charge on any atom is 0.252 e. The van der Waals surface area contributed by atoms with Crippen molar-refractivity contribution in [3.8, 4) is 11.3 Å². The van der Waals surface area contributed by atoms with Crippen LogP contribution in [-0.2, 0) is 0 Å². The minimum absolute atomic E-state index is 0.0775. The van der Waals surface area contributed by atoms with Gasteiger partial charge in [-0.2, -0.15) is 0 Å². The van der Waals surface area contributed by atoms with Gasteiger partial charge in [-0.15, -0.1) is 0 Å². The van der Waals surface area contributed by atoms with Gasteiger partial charge in [0, 0.05) is 45.8 Å². The molecule has 6 aromatic rings. The van der Waals surface area contributed by atoms with Crippen molar-refractivity contribution in [2.45, 2.75) is 6.92 Å². The number of anilines is 6. The maximum absolute atomic E-state index is 6.11. The first kappa shape index (κ1) is 23.6. The molecule has 41 heavy (non-hydrogen) atoms. The summed E-state index contributed by atoms with van der Waals surface area (Å²) in [6.45, 7) is 6.11. The van der Waals surface area contributed by atoms with Crippen LogP contribution in [0, 0.1) is 6.92 Å². The van der Waals surface area contributed by atoms with E-state index in [-0.39, 0.29) is 6.71 Å². The molecule has 0 radical (unpaired) electrons. The van der Waals surface area contributed by atoms with Crippen LogP contribution in [0.25, 0.3) is 11.3 Å². The Labute approximate surface area is 239 Å². The monoisotopic (exact) mass is 527 g/mol. The minimum Gasteiger partial charge on any atom is -0.462 e. The first-order valence-electron chi connectivity index (χ1n) is 13.9. The highest BCUT2D eigenvalue weighted by molar-refractivity contribution is 7.00. The van der Waals surface area contributed by atoms with E-state index in [1.165, 1.54) is 33.5 Å². The normalized spacial score (nSPS) is 13.0. The fraction of sp³-hybridized carbons (Fsp3) is 0.0278. The number of rotatable bonds is 4. The number of nitrogens with zero attached hydrogens (tertiary/aromatic N) is 3. The van der Waals surface area contributed by atoms with E-state index >= 15 is 0 Å². The third-order valence-corrected chi connectivity index (χ3v) is 8.39. The number of furan rings is 1. The Morgan fingerprint density at radius 3 is 1.85 bits per heavy atom. The smallest absolute Gasteiger partial charge is 0.252 e. The SMILES string of the molecule is C=Nc1ccoc1-c1cc2c3c(c1C)N(c1ccccc1)c1ccccc1B3c1ccccc1N2c1ccccc1. The van der Waals surface area contributed by atoms with Gasteiger partial charge >= 0.3 is 0 Å². The molecule has 4 nitrogen and oxygen atoms in total. The van der Waals surface area contributed by atoms with Crippen molar-refractivity contribution in [1.29, 1.82) is 0 Å². The van der Waals surface area contributed by atoms with Gasteiger partial charge in [0.1, 0.15) is 5.69 Å².